The molecule has 21 heteroatoms. The van der Waals surface area contributed by atoms with Crippen molar-refractivity contribution >= 4 is 92.5 Å². The highest BCUT2D eigenvalue weighted by Crippen LogP contribution is 2.38. The summed E-state index contributed by atoms with van der Waals surface area (Å²) in [4.78, 5) is 49.9. The van der Waals surface area contributed by atoms with Gasteiger partial charge in [0.25, 0.3) is 11.8 Å². The van der Waals surface area contributed by atoms with Crippen LogP contribution < -0.4 is 18.9 Å². The van der Waals surface area contributed by atoms with Crippen molar-refractivity contribution in [3.05, 3.63) is 200 Å². The summed E-state index contributed by atoms with van der Waals surface area (Å²) in [5, 5.41) is 18.0. The molecule has 8 rings (SSSR count). The van der Waals surface area contributed by atoms with Crippen LogP contribution in [-0.2, 0) is 51.8 Å². The maximum atomic E-state index is 13.6. The Bertz CT molecular complexity index is 3140. The number of amides is 2. The smallest absolute Gasteiger partial charge is 0.416 e. The third kappa shape index (κ3) is 15.0. The fourth-order valence-electron chi connectivity index (χ4n) is 6.75. The van der Waals surface area contributed by atoms with E-state index in [2.05, 4.69) is 0 Å². The zero-order chi connectivity index (χ0) is 52.9. The Morgan fingerprint density at radius 2 is 0.905 bits per heavy atom. The monoisotopic (exact) mass is 1090 g/mol. The number of halogens is 5. The summed E-state index contributed by atoms with van der Waals surface area (Å²) in [5.74, 6) is -3.78. The number of alkyl halides is 3. The molecule has 0 saturated carbocycles. The average molecular weight is 1090 g/mol. The lowest BCUT2D eigenvalue weighted by Crippen LogP contribution is -2.33. The van der Waals surface area contributed by atoms with Crippen molar-refractivity contribution in [3.63, 3.8) is 0 Å². The molecule has 12 nitrogen and oxygen atoms in total. The molecule has 6 aromatic rings. The minimum Gasteiger partial charge on any atom is -0.485 e. The van der Waals surface area contributed by atoms with E-state index in [0.29, 0.717) is 45.3 Å². The van der Waals surface area contributed by atoms with Gasteiger partial charge in [0, 0.05) is 0 Å². The summed E-state index contributed by atoms with van der Waals surface area (Å²) in [6.07, 6.45) is -1.25. The Hall–Kier alpha value is -7.59. The number of hydrogen-bond acceptors (Lipinski definition) is 12. The number of carbonyl (C=O) groups is 4. The molecular weight excluding hydrogens is 1050 g/mol. The first-order valence-electron chi connectivity index (χ1n) is 21.8. The number of ether oxygens (including phenoxy) is 4. The van der Waals surface area contributed by atoms with Crippen molar-refractivity contribution in [1.29, 1.82) is 0 Å². The van der Waals surface area contributed by atoms with Gasteiger partial charge < -0.3 is 29.2 Å². The molecule has 2 aliphatic heterocycles. The van der Waals surface area contributed by atoms with Gasteiger partial charge in [-0.05, 0) is 94.1 Å². The average Bonchev–Trinajstić information content (AvgIpc) is 3.78. The van der Waals surface area contributed by atoms with Crippen LogP contribution in [0, 0.1) is 11.6 Å². The van der Waals surface area contributed by atoms with Crippen molar-refractivity contribution < 1.29 is 70.3 Å². The third-order valence-corrected chi connectivity index (χ3v) is 13.1. The molecule has 0 radical (unpaired) electrons. The van der Waals surface area contributed by atoms with Gasteiger partial charge in [-0.3, -0.25) is 29.0 Å². The number of nitrogens with zero attached hydrogens (tertiary/aromatic N) is 2. The maximum Gasteiger partial charge on any atom is 0.416 e. The van der Waals surface area contributed by atoms with Gasteiger partial charge in [-0.1, -0.05) is 139 Å². The molecule has 380 valence electrons. The van der Waals surface area contributed by atoms with E-state index in [1.807, 2.05) is 60.7 Å². The number of rotatable bonds is 18. The van der Waals surface area contributed by atoms with E-state index in [0.717, 1.165) is 68.7 Å². The van der Waals surface area contributed by atoms with E-state index in [4.69, 9.17) is 53.6 Å². The maximum absolute atomic E-state index is 13.6. The highest BCUT2D eigenvalue weighted by molar-refractivity contribution is 8.27. The molecule has 0 spiro atoms. The molecule has 2 aliphatic rings. The topological polar surface area (TPSA) is 152 Å². The fraction of sp³-hybridized carbons (Fsp3) is 0.132. The number of thioether (sulfide) groups is 2. The highest BCUT2D eigenvalue weighted by Gasteiger charge is 2.35. The number of carboxylic acid groups (broad SMARTS) is 2. The van der Waals surface area contributed by atoms with Crippen molar-refractivity contribution in [3.8, 4) is 23.0 Å². The quantitative estimate of drug-likeness (QED) is 0.0477. The molecule has 0 unspecified atom stereocenters. The standard InChI is InChI=1S/C27H20F3NO5S2.C26H19F2NO5S2/c28-27(29,30)20-9-6-18(7-10-20)16-35-21-11-8-19(12-22(21)36-15-17-4-2-1-3-5-17)13-23-25(34)31(14-24(32)33)26(37)38-23;27-19-8-6-18(10-20(19)28)15-33-21-9-7-17(11-22(21)34-14-16-4-2-1-3-5-16)12-23-25(32)29(13-24(30)31)26(35)36-23/h1-13H,14-16H2,(H,32,33);1-12H,13-15H2,(H,30,31). The van der Waals surface area contributed by atoms with Gasteiger partial charge in [-0.25, -0.2) is 8.78 Å². The van der Waals surface area contributed by atoms with Gasteiger partial charge in [0.05, 0.1) is 15.4 Å². The number of thiocarbonyl (C=S) groups is 2. The Morgan fingerprint density at radius 3 is 1.31 bits per heavy atom. The minimum atomic E-state index is -4.42. The highest BCUT2D eigenvalue weighted by atomic mass is 32.2. The molecular formula is C53H39F5N2O10S4. The second-order valence-corrected chi connectivity index (χ2v) is 19.2. The molecule has 0 atom stereocenters. The first-order valence-corrected chi connectivity index (χ1v) is 24.3. The molecule has 2 heterocycles. The van der Waals surface area contributed by atoms with E-state index in [-0.39, 0.29) is 44.9 Å². The third-order valence-electron chi connectivity index (χ3n) is 10.4. The second-order valence-electron chi connectivity index (χ2n) is 15.8. The van der Waals surface area contributed by atoms with Gasteiger partial charge >= 0.3 is 18.1 Å². The van der Waals surface area contributed by atoms with Crippen LogP contribution in [0.1, 0.15) is 38.9 Å². The van der Waals surface area contributed by atoms with Crippen LogP contribution in [0.5, 0.6) is 23.0 Å². The van der Waals surface area contributed by atoms with Gasteiger partial charge in [0.2, 0.25) is 0 Å². The normalized spacial score (nSPS) is 14.6. The molecule has 0 aromatic heterocycles. The number of carbonyl (C=O) groups excluding carboxylic acids is 2. The lowest BCUT2D eigenvalue weighted by atomic mass is 10.1. The van der Waals surface area contributed by atoms with E-state index >= 15 is 0 Å². The number of hydrogen-bond donors (Lipinski definition) is 2. The van der Waals surface area contributed by atoms with E-state index in [1.165, 1.54) is 18.2 Å². The van der Waals surface area contributed by atoms with Gasteiger partial charge in [0.15, 0.2) is 34.6 Å². The largest absolute Gasteiger partial charge is 0.485 e. The van der Waals surface area contributed by atoms with Crippen LogP contribution in [0.25, 0.3) is 12.2 Å². The number of benzene rings is 6. The van der Waals surface area contributed by atoms with Gasteiger partial charge in [-0.15, -0.1) is 0 Å². The molecule has 0 bridgehead atoms. The van der Waals surface area contributed by atoms with Crippen LogP contribution >= 0.6 is 48.0 Å². The summed E-state index contributed by atoms with van der Waals surface area (Å²) in [7, 11) is 0. The van der Waals surface area contributed by atoms with Crippen molar-refractivity contribution in [1.82, 2.24) is 9.80 Å². The Kier molecular flexibility index (Phi) is 18.2. The lowest BCUT2D eigenvalue weighted by Gasteiger charge is -2.14. The molecule has 0 aliphatic carbocycles. The Morgan fingerprint density at radius 1 is 0.514 bits per heavy atom. The first-order chi connectivity index (χ1) is 35.4. The van der Waals surface area contributed by atoms with Crippen molar-refractivity contribution in [2.75, 3.05) is 13.1 Å². The second kappa shape index (κ2) is 24.9. The summed E-state index contributed by atoms with van der Waals surface area (Å²) < 4.78 is 89.3. The Balaban J connectivity index is 0.000000217. The summed E-state index contributed by atoms with van der Waals surface area (Å²) in [6.45, 7) is -0.582. The fourth-order valence-corrected chi connectivity index (χ4v) is 9.26. The first kappa shape index (κ1) is 54.2. The van der Waals surface area contributed by atoms with E-state index in [9.17, 15) is 41.1 Å². The van der Waals surface area contributed by atoms with Crippen LogP contribution in [0.4, 0.5) is 22.0 Å². The van der Waals surface area contributed by atoms with Crippen LogP contribution in [0.2, 0.25) is 0 Å². The van der Waals surface area contributed by atoms with Crippen LogP contribution in [-0.4, -0.2) is 65.5 Å². The molecule has 74 heavy (non-hydrogen) atoms. The van der Waals surface area contributed by atoms with Gasteiger partial charge in [0.1, 0.15) is 48.2 Å². The van der Waals surface area contributed by atoms with E-state index < -0.39 is 60.2 Å². The molecule has 2 N–H and O–H groups in total. The zero-order valence-electron chi connectivity index (χ0n) is 38.3. The Labute approximate surface area is 439 Å². The zero-order valence-corrected chi connectivity index (χ0v) is 41.5. The number of aliphatic carboxylic acids is 2. The lowest BCUT2D eigenvalue weighted by molar-refractivity contribution is -0.140. The van der Waals surface area contributed by atoms with Crippen molar-refractivity contribution in [2.24, 2.45) is 0 Å². The van der Waals surface area contributed by atoms with Crippen LogP contribution in [0.3, 0.4) is 0 Å². The van der Waals surface area contributed by atoms with E-state index in [1.54, 1.807) is 48.6 Å². The van der Waals surface area contributed by atoms with Crippen LogP contribution in [0.15, 0.2) is 149 Å². The molecule has 2 fully saturated rings. The summed E-state index contributed by atoms with van der Waals surface area (Å²) in [5.41, 5.74) is 3.25. The summed E-state index contributed by atoms with van der Waals surface area (Å²) in [6, 6.07) is 37.1. The predicted molar refractivity (Wildman–Crippen MR) is 276 cm³/mol. The SMILES string of the molecule is O=C(O)CN1C(=O)C(=Cc2ccc(OCc3ccc(C(F)(F)F)cc3)c(OCc3ccccc3)c2)SC1=S.O=C(O)CN1C(=O)C(=Cc2ccc(OCc3ccc(F)c(F)c3)c(OCc3ccccc3)c2)SC1=S. The molecule has 2 amide bonds. The van der Waals surface area contributed by atoms with Crippen molar-refractivity contribution in [2.45, 2.75) is 32.6 Å². The summed E-state index contributed by atoms with van der Waals surface area (Å²) >= 11 is 12.3. The number of carboxylic acids is 2. The molecule has 6 aromatic carbocycles. The minimum absolute atomic E-state index is 0.00697. The van der Waals surface area contributed by atoms with Gasteiger partial charge in [-0.2, -0.15) is 13.2 Å². The predicted octanol–water partition coefficient (Wildman–Crippen LogP) is 11.6. The molecule has 2 saturated heterocycles.